The summed E-state index contributed by atoms with van der Waals surface area (Å²) in [5, 5.41) is 0. The summed E-state index contributed by atoms with van der Waals surface area (Å²) < 4.78 is 10.7. The van der Waals surface area contributed by atoms with Gasteiger partial charge in [0.15, 0.2) is 0 Å². The molecule has 0 bridgehead atoms. The lowest BCUT2D eigenvalue weighted by Gasteiger charge is -2.14. The number of nitrogens with zero attached hydrogens (tertiary/aromatic N) is 4. The molecule has 6 nitrogen and oxygen atoms in total. The molecule has 0 unspecified atom stereocenters. The van der Waals surface area contributed by atoms with Crippen molar-refractivity contribution >= 4 is 22.1 Å². The summed E-state index contributed by atoms with van der Waals surface area (Å²) in [5.41, 5.74) is 7.84. The van der Waals surface area contributed by atoms with Crippen molar-refractivity contribution in [3.8, 4) is 45.4 Å². The summed E-state index contributed by atoms with van der Waals surface area (Å²) >= 11 is 0. The predicted octanol–water partition coefficient (Wildman–Crippen LogP) is 6.59. The summed E-state index contributed by atoms with van der Waals surface area (Å²) in [6.45, 7) is 0. The van der Waals surface area contributed by atoms with Gasteiger partial charge in [-0.05, 0) is 72.8 Å². The molecule has 0 aliphatic rings. The Balaban J connectivity index is 1.67. The molecule has 0 aliphatic carbocycles. The van der Waals surface area contributed by atoms with Gasteiger partial charge in [-0.15, -0.1) is 0 Å². The number of para-hydroxylation sites is 4. The molecule has 0 atom stereocenters. The molecular weight excluding hydrogens is 448 g/mol. The van der Waals surface area contributed by atoms with Gasteiger partial charge in [-0.3, -0.25) is 0 Å². The molecule has 6 aromatic rings. The molecule has 0 amide bonds. The standard InChI is InChI=1S/C30H22N4O2/c1-35-21-15-11-19(12-16-21)27-29(33-25-9-5-3-7-23(25)31-27)30-28(20-13-17-22(36-2)18-14-20)32-24-8-4-6-10-26(24)34-30/h3-18H,1-2H3. The molecule has 6 heteroatoms. The minimum Gasteiger partial charge on any atom is -0.497 e. The molecule has 2 aromatic heterocycles. The van der Waals surface area contributed by atoms with E-state index in [1.165, 1.54) is 0 Å². The maximum Gasteiger partial charge on any atom is 0.118 e. The Bertz CT molecular complexity index is 1570. The fourth-order valence-electron chi connectivity index (χ4n) is 4.23. The van der Waals surface area contributed by atoms with Crippen molar-refractivity contribution in [1.82, 2.24) is 19.9 Å². The fourth-order valence-corrected chi connectivity index (χ4v) is 4.23. The van der Waals surface area contributed by atoms with Crippen molar-refractivity contribution < 1.29 is 9.47 Å². The molecule has 174 valence electrons. The predicted molar refractivity (Wildman–Crippen MR) is 142 cm³/mol. The van der Waals surface area contributed by atoms with Crippen LogP contribution in [-0.4, -0.2) is 34.2 Å². The van der Waals surface area contributed by atoms with Gasteiger partial charge in [0.25, 0.3) is 0 Å². The Labute approximate surface area is 208 Å². The van der Waals surface area contributed by atoms with Gasteiger partial charge in [-0.1, -0.05) is 24.3 Å². The summed E-state index contributed by atoms with van der Waals surface area (Å²) in [5.74, 6) is 1.55. The van der Waals surface area contributed by atoms with Gasteiger partial charge in [0, 0.05) is 11.1 Å². The van der Waals surface area contributed by atoms with Gasteiger partial charge >= 0.3 is 0 Å². The minimum atomic E-state index is 0.669. The van der Waals surface area contributed by atoms with Gasteiger partial charge in [-0.25, -0.2) is 19.9 Å². The van der Waals surface area contributed by atoms with E-state index in [1.54, 1.807) is 14.2 Å². The molecule has 0 saturated heterocycles. The highest BCUT2D eigenvalue weighted by atomic mass is 16.5. The first-order chi connectivity index (χ1) is 17.7. The minimum absolute atomic E-state index is 0.669. The Hall–Kier alpha value is -4.84. The van der Waals surface area contributed by atoms with E-state index in [1.807, 2.05) is 97.1 Å². The Morgan fingerprint density at radius 1 is 0.389 bits per heavy atom. The zero-order valence-corrected chi connectivity index (χ0v) is 19.8. The topological polar surface area (TPSA) is 70.0 Å². The van der Waals surface area contributed by atoms with Gasteiger partial charge in [0.2, 0.25) is 0 Å². The number of benzene rings is 4. The highest BCUT2D eigenvalue weighted by Crippen LogP contribution is 2.37. The van der Waals surface area contributed by atoms with Crippen LogP contribution < -0.4 is 9.47 Å². The van der Waals surface area contributed by atoms with Gasteiger partial charge in [-0.2, -0.15) is 0 Å². The maximum atomic E-state index is 5.37. The fraction of sp³-hybridized carbons (Fsp3) is 0.0667. The zero-order chi connectivity index (χ0) is 24.5. The van der Waals surface area contributed by atoms with Crippen molar-refractivity contribution in [3.63, 3.8) is 0 Å². The quantitative estimate of drug-likeness (QED) is 0.283. The molecule has 0 N–H and O–H groups in total. The van der Waals surface area contributed by atoms with Gasteiger partial charge < -0.3 is 9.47 Å². The lowest BCUT2D eigenvalue weighted by Crippen LogP contribution is -2.01. The second-order valence-electron chi connectivity index (χ2n) is 8.28. The first kappa shape index (κ1) is 21.7. The number of fused-ring (bicyclic) bond motifs is 2. The van der Waals surface area contributed by atoms with E-state index in [4.69, 9.17) is 29.4 Å². The average Bonchev–Trinajstić information content (AvgIpc) is 2.96. The maximum absolute atomic E-state index is 5.37. The van der Waals surface area contributed by atoms with E-state index in [0.717, 1.165) is 56.1 Å². The Morgan fingerprint density at radius 3 is 1.00 bits per heavy atom. The third kappa shape index (κ3) is 3.88. The van der Waals surface area contributed by atoms with Crippen molar-refractivity contribution in [3.05, 3.63) is 97.1 Å². The lowest BCUT2D eigenvalue weighted by atomic mass is 10.0. The first-order valence-electron chi connectivity index (χ1n) is 11.6. The normalized spacial score (nSPS) is 11.1. The van der Waals surface area contributed by atoms with Crippen LogP contribution in [0.1, 0.15) is 0 Å². The van der Waals surface area contributed by atoms with E-state index >= 15 is 0 Å². The number of hydrogen-bond donors (Lipinski definition) is 0. The Kier molecular flexibility index (Phi) is 5.46. The van der Waals surface area contributed by atoms with Gasteiger partial charge in [0.1, 0.15) is 22.9 Å². The monoisotopic (exact) mass is 470 g/mol. The molecule has 4 aromatic carbocycles. The van der Waals surface area contributed by atoms with Crippen LogP contribution in [-0.2, 0) is 0 Å². The van der Waals surface area contributed by atoms with Gasteiger partial charge in [0.05, 0.1) is 47.7 Å². The molecule has 0 aliphatic heterocycles. The van der Waals surface area contributed by atoms with Crippen LogP contribution in [0.2, 0.25) is 0 Å². The highest BCUT2D eigenvalue weighted by Gasteiger charge is 2.21. The van der Waals surface area contributed by atoms with Crippen LogP contribution in [0.4, 0.5) is 0 Å². The molecule has 0 fully saturated rings. The van der Waals surface area contributed by atoms with E-state index < -0.39 is 0 Å². The van der Waals surface area contributed by atoms with E-state index in [0.29, 0.717) is 11.4 Å². The van der Waals surface area contributed by atoms with Crippen LogP contribution in [0.15, 0.2) is 97.1 Å². The zero-order valence-electron chi connectivity index (χ0n) is 19.8. The largest absolute Gasteiger partial charge is 0.497 e. The smallest absolute Gasteiger partial charge is 0.118 e. The van der Waals surface area contributed by atoms with E-state index in [2.05, 4.69) is 0 Å². The molecule has 0 spiro atoms. The summed E-state index contributed by atoms with van der Waals surface area (Å²) in [6.07, 6.45) is 0. The number of ether oxygens (including phenoxy) is 2. The van der Waals surface area contributed by atoms with E-state index in [9.17, 15) is 0 Å². The second kappa shape index (κ2) is 9.07. The van der Waals surface area contributed by atoms with Crippen molar-refractivity contribution in [2.24, 2.45) is 0 Å². The third-order valence-electron chi connectivity index (χ3n) is 6.09. The molecule has 36 heavy (non-hydrogen) atoms. The van der Waals surface area contributed by atoms with Crippen LogP contribution in [0.5, 0.6) is 11.5 Å². The molecule has 0 saturated carbocycles. The van der Waals surface area contributed by atoms with Crippen molar-refractivity contribution in [1.29, 1.82) is 0 Å². The average molecular weight is 471 g/mol. The first-order valence-corrected chi connectivity index (χ1v) is 11.6. The highest BCUT2D eigenvalue weighted by molar-refractivity contribution is 5.92. The summed E-state index contributed by atoms with van der Waals surface area (Å²) in [4.78, 5) is 20.2. The van der Waals surface area contributed by atoms with Crippen LogP contribution in [0.25, 0.3) is 56.0 Å². The Morgan fingerprint density at radius 2 is 0.694 bits per heavy atom. The second-order valence-corrected chi connectivity index (χ2v) is 8.28. The van der Waals surface area contributed by atoms with Crippen LogP contribution >= 0.6 is 0 Å². The summed E-state index contributed by atoms with van der Waals surface area (Å²) in [7, 11) is 3.31. The lowest BCUT2D eigenvalue weighted by molar-refractivity contribution is 0.415. The molecule has 2 heterocycles. The number of methoxy groups -OCH3 is 2. The molecular formula is C30H22N4O2. The number of rotatable bonds is 5. The van der Waals surface area contributed by atoms with Crippen molar-refractivity contribution in [2.75, 3.05) is 14.2 Å². The van der Waals surface area contributed by atoms with E-state index in [-0.39, 0.29) is 0 Å². The molecule has 0 radical (unpaired) electrons. The third-order valence-corrected chi connectivity index (χ3v) is 6.09. The number of aromatic nitrogens is 4. The van der Waals surface area contributed by atoms with Crippen LogP contribution in [0.3, 0.4) is 0 Å². The number of hydrogen-bond acceptors (Lipinski definition) is 6. The van der Waals surface area contributed by atoms with Crippen LogP contribution in [0, 0.1) is 0 Å². The molecule has 6 rings (SSSR count). The summed E-state index contributed by atoms with van der Waals surface area (Å²) in [6, 6.07) is 31.4. The van der Waals surface area contributed by atoms with Crippen molar-refractivity contribution in [2.45, 2.75) is 0 Å². The SMILES string of the molecule is COc1ccc(-c2nc3ccccc3nc2-c2nc3ccccc3nc2-c2ccc(OC)cc2)cc1.